The van der Waals surface area contributed by atoms with Crippen LogP contribution < -0.4 is 10.6 Å². The first-order valence-corrected chi connectivity index (χ1v) is 5.17. The fourth-order valence-electron chi connectivity index (χ4n) is 1.84. The van der Waals surface area contributed by atoms with E-state index in [0.717, 1.165) is 18.4 Å². The molecule has 3 heteroatoms. The molecule has 1 heterocycles. The lowest BCUT2D eigenvalue weighted by atomic mass is 9.99. The fourth-order valence-corrected chi connectivity index (χ4v) is 1.84. The molecule has 2 aliphatic rings. The third-order valence-corrected chi connectivity index (χ3v) is 2.94. The van der Waals surface area contributed by atoms with Crippen LogP contribution in [0.4, 0.5) is 0 Å². The van der Waals surface area contributed by atoms with E-state index in [1.807, 2.05) is 0 Å². The molecule has 1 aliphatic heterocycles. The van der Waals surface area contributed by atoms with E-state index in [1.165, 1.54) is 12.8 Å². The molecule has 0 saturated heterocycles. The average Bonchev–Trinajstić information content (AvgIpc) is 2.78. The van der Waals surface area contributed by atoms with Crippen molar-refractivity contribution in [3.8, 4) is 0 Å². The van der Waals surface area contributed by atoms with Crippen LogP contribution in [0.1, 0.15) is 33.6 Å². The smallest absolute Gasteiger partial charge is 0.192 e. The molecular formula is C10H19N3. The Morgan fingerprint density at radius 2 is 2.15 bits per heavy atom. The first-order valence-electron chi connectivity index (χ1n) is 5.17. The van der Waals surface area contributed by atoms with Crippen LogP contribution in [-0.4, -0.2) is 24.1 Å². The van der Waals surface area contributed by atoms with Gasteiger partial charge in [-0.05, 0) is 39.5 Å². The zero-order valence-electron chi connectivity index (χ0n) is 8.72. The van der Waals surface area contributed by atoms with Crippen LogP contribution in [0.25, 0.3) is 0 Å². The van der Waals surface area contributed by atoms with Crippen LogP contribution in [0.3, 0.4) is 0 Å². The van der Waals surface area contributed by atoms with Gasteiger partial charge in [-0.2, -0.15) is 0 Å². The van der Waals surface area contributed by atoms with Crippen molar-refractivity contribution in [1.82, 2.24) is 10.6 Å². The lowest BCUT2D eigenvalue weighted by molar-refractivity contribution is 0.397. The van der Waals surface area contributed by atoms with Gasteiger partial charge in [0, 0.05) is 11.6 Å². The lowest BCUT2D eigenvalue weighted by Gasteiger charge is -2.27. The number of aliphatic imine (C=N–C) groups is 1. The minimum absolute atomic E-state index is 0.218. The Bertz CT molecular complexity index is 228. The highest BCUT2D eigenvalue weighted by molar-refractivity contribution is 5.82. The third-order valence-electron chi connectivity index (χ3n) is 2.94. The van der Waals surface area contributed by atoms with Crippen molar-refractivity contribution in [1.29, 1.82) is 0 Å². The first kappa shape index (κ1) is 8.85. The molecule has 1 unspecified atom stereocenters. The van der Waals surface area contributed by atoms with Crippen molar-refractivity contribution in [2.45, 2.75) is 45.2 Å². The molecule has 0 radical (unpaired) electrons. The quantitative estimate of drug-likeness (QED) is 0.669. The molecule has 0 aromatic heterocycles. The molecule has 1 atom stereocenters. The van der Waals surface area contributed by atoms with Gasteiger partial charge in [0.05, 0.1) is 6.54 Å². The Labute approximate surface area is 80.0 Å². The second-order valence-corrected chi connectivity index (χ2v) is 4.86. The minimum Gasteiger partial charge on any atom is -0.352 e. The standard InChI is InChI=1S/C10H19N3/c1-7-6-11-9(12-7)13-10(2,3)8-4-5-8/h7-8H,4-6H2,1-3H3,(H2,11,12,13). The van der Waals surface area contributed by atoms with Crippen LogP contribution in [0.5, 0.6) is 0 Å². The number of nitrogens with zero attached hydrogens (tertiary/aromatic N) is 1. The summed E-state index contributed by atoms with van der Waals surface area (Å²) in [4.78, 5) is 4.41. The van der Waals surface area contributed by atoms with Crippen molar-refractivity contribution in [2.75, 3.05) is 6.54 Å². The predicted molar refractivity (Wildman–Crippen MR) is 54.8 cm³/mol. The minimum atomic E-state index is 0.218. The summed E-state index contributed by atoms with van der Waals surface area (Å²) in [5.74, 6) is 1.83. The Kier molecular flexibility index (Phi) is 1.97. The summed E-state index contributed by atoms with van der Waals surface area (Å²) < 4.78 is 0. The summed E-state index contributed by atoms with van der Waals surface area (Å²) in [6, 6.07) is 0.498. The normalized spacial score (nSPS) is 28.2. The molecular weight excluding hydrogens is 162 g/mol. The highest BCUT2D eigenvalue weighted by Crippen LogP contribution is 2.39. The van der Waals surface area contributed by atoms with Crippen LogP contribution >= 0.6 is 0 Å². The lowest BCUT2D eigenvalue weighted by Crippen LogP contribution is -2.50. The van der Waals surface area contributed by atoms with Gasteiger partial charge in [-0.1, -0.05) is 0 Å². The largest absolute Gasteiger partial charge is 0.352 e. The highest BCUT2D eigenvalue weighted by atomic mass is 15.3. The molecule has 1 fully saturated rings. The van der Waals surface area contributed by atoms with E-state index in [9.17, 15) is 0 Å². The zero-order chi connectivity index (χ0) is 9.47. The molecule has 0 spiro atoms. The number of hydrogen-bond acceptors (Lipinski definition) is 3. The van der Waals surface area contributed by atoms with Gasteiger partial charge in [0.2, 0.25) is 0 Å². The second kappa shape index (κ2) is 2.89. The molecule has 3 nitrogen and oxygen atoms in total. The van der Waals surface area contributed by atoms with Gasteiger partial charge in [0.15, 0.2) is 5.96 Å². The van der Waals surface area contributed by atoms with Crippen LogP contribution in [0.2, 0.25) is 0 Å². The maximum absolute atomic E-state index is 4.41. The molecule has 1 saturated carbocycles. The van der Waals surface area contributed by atoms with Crippen molar-refractivity contribution < 1.29 is 0 Å². The molecule has 0 aromatic carbocycles. The Morgan fingerprint density at radius 1 is 1.46 bits per heavy atom. The fraction of sp³-hybridized carbons (Fsp3) is 0.900. The van der Waals surface area contributed by atoms with Gasteiger partial charge in [-0.15, -0.1) is 0 Å². The van der Waals surface area contributed by atoms with E-state index in [4.69, 9.17) is 0 Å². The maximum atomic E-state index is 4.41. The number of guanidine groups is 1. The summed E-state index contributed by atoms with van der Waals surface area (Å²) in [6.45, 7) is 7.58. The van der Waals surface area contributed by atoms with Gasteiger partial charge in [0.25, 0.3) is 0 Å². The van der Waals surface area contributed by atoms with E-state index in [2.05, 4.69) is 36.4 Å². The van der Waals surface area contributed by atoms with Crippen molar-refractivity contribution in [3.05, 3.63) is 0 Å². The van der Waals surface area contributed by atoms with Gasteiger partial charge in [-0.3, -0.25) is 4.99 Å². The van der Waals surface area contributed by atoms with Crippen molar-refractivity contribution in [2.24, 2.45) is 10.9 Å². The highest BCUT2D eigenvalue weighted by Gasteiger charge is 2.38. The third kappa shape index (κ3) is 1.95. The van der Waals surface area contributed by atoms with E-state index in [0.29, 0.717) is 6.04 Å². The molecule has 1 aliphatic carbocycles. The SMILES string of the molecule is CC1CN=C(NC(C)(C)C2CC2)N1. The van der Waals surface area contributed by atoms with Crippen molar-refractivity contribution in [3.63, 3.8) is 0 Å². The Morgan fingerprint density at radius 3 is 2.62 bits per heavy atom. The van der Waals surface area contributed by atoms with Crippen molar-refractivity contribution >= 4 is 5.96 Å². The summed E-state index contributed by atoms with van der Waals surface area (Å²) in [5.41, 5.74) is 0.218. The number of rotatable bonds is 2. The molecule has 0 amide bonds. The van der Waals surface area contributed by atoms with Gasteiger partial charge in [0.1, 0.15) is 0 Å². The van der Waals surface area contributed by atoms with Crippen LogP contribution in [0.15, 0.2) is 4.99 Å². The van der Waals surface area contributed by atoms with Gasteiger partial charge >= 0.3 is 0 Å². The molecule has 2 rings (SSSR count). The van der Waals surface area contributed by atoms with E-state index in [1.54, 1.807) is 0 Å². The number of nitrogens with one attached hydrogen (secondary N) is 2. The predicted octanol–water partition coefficient (Wildman–Crippen LogP) is 1.11. The molecule has 74 valence electrons. The summed E-state index contributed by atoms with van der Waals surface area (Å²) in [7, 11) is 0. The topological polar surface area (TPSA) is 36.4 Å². The Hall–Kier alpha value is -0.730. The van der Waals surface area contributed by atoms with E-state index < -0.39 is 0 Å². The summed E-state index contributed by atoms with van der Waals surface area (Å²) >= 11 is 0. The van der Waals surface area contributed by atoms with Gasteiger partial charge in [-0.25, -0.2) is 0 Å². The summed E-state index contributed by atoms with van der Waals surface area (Å²) in [5, 5.41) is 6.82. The number of hydrogen-bond donors (Lipinski definition) is 2. The average molecular weight is 181 g/mol. The maximum Gasteiger partial charge on any atom is 0.192 e. The van der Waals surface area contributed by atoms with Crippen LogP contribution in [-0.2, 0) is 0 Å². The first-order chi connectivity index (χ1) is 6.08. The van der Waals surface area contributed by atoms with E-state index in [-0.39, 0.29) is 5.54 Å². The van der Waals surface area contributed by atoms with Crippen LogP contribution in [0, 0.1) is 5.92 Å². The Balaban J connectivity index is 1.90. The molecule has 2 N–H and O–H groups in total. The zero-order valence-corrected chi connectivity index (χ0v) is 8.72. The van der Waals surface area contributed by atoms with E-state index >= 15 is 0 Å². The molecule has 0 bridgehead atoms. The molecule has 13 heavy (non-hydrogen) atoms. The second-order valence-electron chi connectivity index (χ2n) is 4.86. The van der Waals surface area contributed by atoms with Gasteiger partial charge < -0.3 is 10.6 Å². The summed E-state index contributed by atoms with van der Waals surface area (Å²) in [6.07, 6.45) is 2.73. The molecule has 0 aromatic rings. The monoisotopic (exact) mass is 181 g/mol.